The molecule has 1 atom stereocenters. The minimum atomic E-state index is -0.669. The third-order valence-corrected chi connectivity index (χ3v) is 1.35. The Morgan fingerprint density at radius 2 is 1.83 bits per heavy atom. The molecule has 0 N–H and O–H groups in total. The van der Waals surface area contributed by atoms with Gasteiger partial charge in [0, 0.05) is 5.92 Å². The molecule has 4 heteroatoms. The molecular formula is C8H13ClO3. The zero-order valence-electron chi connectivity index (χ0n) is 7.46. The number of ketones is 1. The van der Waals surface area contributed by atoms with Crippen molar-refractivity contribution in [3.63, 3.8) is 0 Å². The number of Topliss-reactive ketones (excluding diaryl/α,β-unsaturated/α-hetero) is 1. The summed E-state index contributed by atoms with van der Waals surface area (Å²) in [6.45, 7) is 5.00. The maximum absolute atomic E-state index is 11.0. The van der Waals surface area contributed by atoms with Crippen LogP contribution in [0.2, 0.25) is 0 Å². The van der Waals surface area contributed by atoms with Crippen molar-refractivity contribution in [1.82, 2.24) is 0 Å². The summed E-state index contributed by atoms with van der Waals surface area (Å²) in [5, 5.41) is 0. The van der Waals surface area contributed by atoms with Crippen LogP contribution in [0.25, 0.3) is 0 Å². The molecule has 0 saturated carbocycles. The SMILES string of the molecule is CC(Cl)OC(=O)CC(=O)C(C)C. The maximum Gasteiger partial charge on any atom is 0.314 e. The minimum absolute atomic E-state index is 0.127. The summed E-state index contributed by atoms with van der Waals surface area (Å²) in [7, 11) is 0. The van der Waals surface area contributed by atoms with Gasteiger partial charge in [-0.1, -0.05) is 25.4 Å². The zero-order chi connectivity index (χ0) is 9.72. The second-order valence-electron chi connectivity index (χ2n) is 2.83. The van der Waals surface area contributed by atoms with Crippen LogP contribution in [0.5, 0.6) is 0 Å². The number of rotatable bonds is 4. The molecule has 0 spiro atoms. The Balaban J connectivity index is 3.77. The first-order valence-electron chi connectivity index (χ1n) is 3.79. The first-order chi connectivity index (χ1) is 5.43. The summed E-state index contributed by atoms with van der Waals surface area (Å²) in [6.07, 6.45) is -0.186. The van der Waals surface area contributed by atoms with Crippen LogP contribution in [-0.4, -0.2) is 17.3 Å². The topological polar surface area (TPSA) is 43.4 Å². The van der Waals surface area contributed by atoms with Crippen LogP contribution >= 0.6 is 11.6 Å². The maximum atomic E-state index is 11.0. The van der Waals surface area contributed by atoms with E-state index in [9.17, 15) is 9.59 Å². The quantitative estimate of drug-likeness (QED) is 0.387. The van der Waals surface area contributed by atoms with Crippen molar-refractivity contribution in [2.24, 2.45) is 5.92 Å². The molecule has 0 aromatic heterocycles. The van der Waals surface area contributed by atoms with Gasteiger partial charge in [0.15, 0.2) is 5.56 Å². The second-order valence-corrected chi connectivity index (χ2v) is 3.45. The van der Waals surface area contributed by atoms with Crippen LogP contribution in [0, 0.1) is 5.92 Å². The summed E-state index contributed by atoms with van der Waals surface area (Å²) in [5.41, 5.74) is -0.669. The third kappa shape index (κ3) is 5.13. The molecular weight excluding hydrogens is 180 g/mol. The standard InChI is InChI=1S/C8H13ClO3/c1-5(2)7(10)4-8(11)12-6(3)9/h5-6H,4H2,1-3H3. The highest BCUT2D eigenvalue weighted by Crippen LogP contribution is 2.03. The van der Waals surface area contributed by atoms with E-state index in [1.807, 2.05) is 0 Å². The van der Waals surface area contributed by atoms with E-state index < -0.39 is 11.5 Å². The van der Waals surface area contributed by atoms with Gasteiger partial charge in [0.25, 0.3) is 0 Å². The van der Waals surface area contributed by atoms with Crippen molar-refractivity contribution in [2.75, 3.05) is 0 Å². The van der Waals surface area contributed by atoms with Gasteiger partial charge in [-0.2, -0.15) is 0 Å². The lowest BCUT2D eigenvalue weighted by atomic mass is 10.1. The number of hydrogen-bond acceptors (Lipinski definition) is 3. The lowest BCUT2D eigenvalue weighted by Gasteiger charge is -2.06. The van der Waals surface area contributed by atoms with Crippen LogP contribution in [0.15, 0.2) is 0 Å². The van der Waals surface area contributed by atoms with E-state index >= 15 is 0 Å². The van der Waals surface area contributed by atoms with Gasteiger partial charge in [0.1, 0.15) is 12.2 Å². The molecule has 0 bridgehead atoms. The average Bonchev–Trinajstić information content (AvgIpc) is 1.84. The molecule has 0 heterocycles. The Hall–Kier alpha value is -0.570. The average molecular weight is 193 g/mol. The fraction of sp³-hybridized carbons (Fsp3) is 0.750. The minimum Gasteiger partial charge on any atom is -0.446 e. The van der Waals surface area contributed by atoms with E-state index in [0.29, 0.717) is 0 Å². The predicted octanol–water partition coefficient (Wildman–Crippen LogP) is 1.73. The van der Waals surface area contributed by atoms with Gasteiger partial charge in [-0.25, -0.2) is 0 Å². The first kappa shape index (κ1) is 11.4. The molecule has 3 nitrogen and oxygen atoms in total. The zero-order valence-corrected chi connectivity index (χ0v) is 8.22. The van der Waals surface area contributed by atoms with Crippen molar-refractivity contribution < 1.29 is 14.3 Å². The molecule has 0 saturated heterocycles. The first-order valence-corrected chi connectivity index (χ1v) is 4.23. The number of carbonyl (C=O) groups is 2. The number of halogens is 1. The summed E-state index contributed by atoms with van der Waals surface area (Å²) in [5.74, 6) is -0.823. The summed E-state index contributed by atoms with van der Waals surface area (Å²) >= 11 is 5.38. The Labute approximate surface area is 77.0 Å². The van der Waals surface area contributed by atoms with Crippen molar-refractivity contribution in [1.29, 1.82) is 0 Å². The molecule has 0 amide bonds. The highest BCUT2D eigenvalue weighted by Gasteiger charge is 2.15. The third-order valence-electron chi connectivity index (χ3n) is 1.26. The van der Waals surface area contributed by atoms with Crippen molar-refractivity contribution >= 4 is 23.4 Å². The number of esters is 1. The Kier molecular flexibility index (Phi) is 4.90. The van der Waals surface area contributed by atoms with E-state index in [1.54, 1.807) is 13.8 Å². The highest BCUT2D eigenvalue weighted by atomic mass is 35.5. The Morgan fingerprint density at radius 3 is 2.17 bits per heavy atom. The molecule has 1 unspecified atom stereocenters. The number of ether oxygens (including phenoxy) is 1. The normalized spacial score (nSPS) is 12.8. The number of alkyl halides is 1. The molecule has 0 aromatic rings. The Morgan fingerprint density at radius 1 is 1.33 bits per heavy atom. The summed E-state index contributed by atoms with van der Waals surface area (Å²) in [4.78, 5) is 21.8. The highest BCUT2D eigenvalue weighted by molar-refractivity contribution is 6.20. The fourth-order valence-electron chi connectivity index (χ4n) is 0.569. The van der Waals surface area contributed by atoms with Crippen LogP contribution in [-0.2, 0) is 14.3 Å². The van der Waals surface area contributed by atoms with Gasteiger partial charge in [-0.15, -0.1) is 0 Å². The van der Waals surface area contributed by atoms with Gasteiger partial charge >= 0.3 is 5.97 Å². The van der Waals surface area contributed by atoms with Gasteiger partial charge in [0.2, 0.25) is 0 Å². The number of hydrogen-bond donors (Lipinski definition) is 0. The fourth-order valence-corrected chi connectivity index (χ4v) is 0.669. The molecule has 0 radical (unpaired) electrons. The predicted molar refractivity (Wildman–Crippen MR) is 45.9 cm³/mol. The van der Waals surface area contributed by atoms with Crippen molar-refractivity contribution in [2.45, 2.75) is 32.8 Å². The molecule has 0 aliphatic heterocycles. The van der Waals surface area contributed by atoms with Gasteiger partial charge in [0.05, 0.1) is 0 Å². The van der Waals surface area contributed by atoms with Crippen molar-refractivity contribution in [3.8, 4) is 0 Å². The van der Waals surface area contributed by atoms with Gasteiger partial charge < -0.3 is 4.74 Å². The molecule has 0 aliphatic carbocycles. The van der Waals surface area contributed by atoms with E-state index in [1.165, 1.54) is 6.92 Å². The molecule has 0 fully saturated rings. The smallest absolute Gasteiger partial charge is 0.314 e. The Bertz CT molecular complexity index is 175. The van der Waals surface area contributed by atoms with E-state index in [2.05, 4.69) is 4.74 Å². The molecule has 0 aromatic carbocycles. The molecule has 12 heavy (non-hydrogen) atoms. The monoisotopic (exact) mass is 192 g/mol. The lowest BCUT2D eigenvalue weighted by Crippen LogP contribution is -2.17. The van der Waals surface area contributed by atoms with Gasteiger partial charge in [-0.3, -0.25) is 9.59 Å². The van der Waals surface area contributed by atoms with E-state index in [4.69, 9.17) is 11.6 Å². The van der Waals surface area contributed by atoms with Crippen LogP contribution in [0.1, 0.15) is 27.2 Å². The number of carbonyl (C=O) groups excluding carboxylic acids is 2. The largest absolute Gasteiger partial charge is 0.446 e. The van der Waals surface area contributed by atoms with E-state index in [0.717, 1.165) is 0 Å². The molecule has 70 valence electrons. The van der Waals surface area contributed by atoms with Crippen LogP contribution in [0.4, 0.5) is 0 Å². The van der Waals surface area contributed by atoms with Crippen molar-refractivity contribution in [3.05, 3.63) is 0 Å². The van der Waals surface area contributed by atoms with E-state index in [-0.39, 0.29) is 18.1 Å². The lowest BCUT2D eigenvalue weighted by molar-refractivity contribution is -0.147. The molecule has 0 aliphatic rings. The summed E-state index contributed by atoms with van der Waals surface area (Å²) in [6, 6.07) is 0. The summed E-state index contributed by atoms with van der Waals surface area (Å²) < 4.78 is 4.58. The molecule has 0 rings (SSSR count). The van der Waals surface area contributed by atoms with Gasteiger partial charge in [-0.05, 0) is 6.92 Å². The second kappa shape index (κ2) is 5.14. The van der Waals surface area contributed by atoms with Crippen LogP contribution < -0.4 is 0 Å². The van der Waals surface area contributed by atoms with Crippen LogP contribution in [0.3, 0.4) is 0 Å².